The van der Waals surface area contributed by atoms with E-state index in [4.69, 9.17) is 0 Å². The van der Waals surface area contributed by atoms with Crippen LogP contribution in [0, 0.1) is 13.8 Å². The smallest absolute Gasteiger partial charge is 0.130 e. The summed E-state index contributed by atoms with van der Waals surface area (Å²) in [6, 6.07) is 10.3. The third-order valence-corrected chi connectivity index (χ3v) is 4.58. The van der Waals surface area contributed by atoms with Crippen molar-refractivity contribution in [3.05, 3.63) is 71.1 Å². The summed E-state index contributed by atoms with van der Waals surface area (Å²) in [4.78, 5) is 4.53. The first kappa shape index (κ1) is 17.4. The lowest BCUT2D eigenvalue weighted by atomic mass is 10.1. The maximum atomic E-state index is 9.18. The van der Waals surface area contributed by atoms with Gasteiger partial charge < -0.3 is 9.67 Å². The van der Waals surface area contributed by atoms with Crippen LogP contribution in [0.25, 0.3) is 0 Å². The van der Waals surface area contributed by atoms with Crippen LogP contribution in [0.2, 0.25) is 0 Å². The summed E-state index contributed by atoms with van der Waals surface area (Å²) in [5, 5.41) is 17.3. The number of imidazole rings is 1. The molecule has 0 bridgehead atoms. The zero-order chi connectivity index (χ0) is 17.8. The summed E-state index contributed by atoms with van der Waals surface area (Å²) in [6.45, 7) is 5.36. The van der Waals surface area contributed by atoms with Gasteiger partial charge in [-0.1, -0.05) is 30.3 Å². The summed E-state index contributed by atoms with van der Waals surface area (Å²) in [5.41, 5.74) is 4.43. The largest absolute Gasteiger partial charge is 0.394 e. The maximum absolute atomic E-state index is 9.18. The molecule has 0 aliphatic heterocycles. The molecule has 0 aliphatic rings. The Kier molecular flexibility index (Phi) is 5.31. The summed E-state index contributed by atoms with van der Waals surface area (Å²) >= 11 is 0. The average Bonchev–Trinajstić information content (AvgIpc) is 3.14. The fourth-order valence-corrected chi connectivity index (χ4v) is 3.17. The first-order valence-electron chi connectivity index (χ1n) is 8.51. The van der Waals surface area contributed by atoms with Crippen LogP contribution in [0.15, 0.2) is 42.7 Å². The summed E-state index contributed by atoms with van der Waals surface area (Å²) in [7, 11) is 2.01. The van der Waals surface area contributed by atoms with E-state index in [2.05, 4.69) is 27.5 Å². The first-order chi connectivity index (χ1) is 12.1. The van der Waals surface area contributed by atoms with Crippen molar-refractivity contribution in [2.45, 2.75) is 33.0 Å². The van der Waals surface area contributed by atoms with Crippen molar-refractivity contribution in [2.75, 3.05) is 6.61 Å². The second-order valence-corrected chi connectivity index (χ2v) is 6.22. The predicted octanol–water partition coefficient (Wildman–Crippen LogP) is 2.10. The van der Waals surface area contributed by atoms with Gasteiger partial charge in [-0.05, 0) is 19.4 Å². The Morgan fingerprint density at radius 2 is 1.96 bits per heavy atom. The lowest BCUT2D eigenvalue weighted by Gasteiger charge is -2.19. The number of nitrogens with zero attached hydrogens (tertiary/aromatic N) is 4. The van der Waals surface area contributed by atoms with Crippen molar-refractivity contribution in [3.63, 3.8) is 0 Å². The number of aromatic nitrogens is 4. The van der Waals surface area contributed by atoms with Gasteiger partial charge in [-0.2, -0.15) is 5.10 Å². The number of hydrogen-bond donors (Lipinski definition) is 2. The van der Waals surface area contributed by atoms with Crippen molar-refractivity contribution in [1.82, 2.24) is 24.6 Å². The molecule has 0 radical (unpaired) electrons. The molecule has 2 heterocycles. The molecule has 0 aliphatic carbocycles. The topological polar surface area (TPSA) is 67.9 Å². The Labute approximate surface area is 148 Å². The molecule has 3 rings (SSSR count). The highest BCUT2D eigenvalue weighted by molar-refractivity contribution is 5.28. The van der Waals surface area contributed by atoms with Gasteiger partial charge in [-0.3, -0.25) is 10.00 Å². The second kappa shape index (κ2) is 7.63. The molecule has 6 nitrogen and oxygen atoms in total. The predicted molar refractivity (Wildman–Crippen MR) is 97.1 cm³/mol. The first-order valence-corrected chi connectivity index (χ1v) is 8.51. The van der Waals surface area contributed by atoms with Crippen LogP contribution in [0.1, 0.15) is 34.4 Å². The molecular formula is C19H25N5O. The fourth-order valence-electron chi connectivity index (χ4n) is 3.17. The van der Waals surface area contributed by atoms with Gasteiger partial charge in [-0.25, -0.2) is 4.98 Å². The standard InChI is InChI=1S/C19H25N5O/c1-14-17(15(2)24(22-14)11-12-25)13-21-18(16-7-5-4-6-8-16)19-20-9-10-23(19)3/h4-10,18,21,25H,11-13H2,1-3H3/t18-/m1/s1. The molecule has 0 fully saturated rings. The molecule has 132 valence electrons. The zero-order valence-corrected chi connectivity index (χ0v) is 15.0. The number of aliphatic hydroxyl groups excluding tert-OH is 1. The van der Waals surface area contributed by atoms with Crippen LogP contribution in [0.3, 0.4) is 0 Å². The number of hydrogen-bond acceptors (Lipinski definition) is 4. The van der Waals surface area contributed by atoms with E-state index in [9.17, 15) is 5.11 Å². The fraction of sp³-hybridized carbons (Fsp3) is 0.368. The third-order valence-electron chi connectivity index (χ3n) is 4.58. The Morgan fingerprint density at radius 3 is 2.60 bits per heavy atom. The minimum absolute atomic E-state index is 0.00110. The zero-order valence-electron chi connectivity index (χ0n) is 15.0. The van der Waals surface area contributed by atoms with E-state index >= 15 is 0 Å². The second-order valence-electron chi connectivity index (χ2n) is 6.22. The highest BCUT2D eigenvalue weighted by Crippen LogP contribution is 2.22. The summed E-state index contributed by atoms with van der Waals surface area (Å²) in [6.07, 6.45) is 3.78. The quantitative estimate of drug-likeness (QED) is 0.692. The van der Waals surface area contributed by atoms with Crippen molar-refractivity contribution < 1.29 is 5.11 Å². The highest BCUT2D eigenvalue weighted by atomic mass is 16.3. The lowest BCUT2D eigenvalue weighted by molar-refractivity contribution is 0.267. The SMILES string of the molecule is Cc1nn(CCO)c(C)c1CN[C@H](c1ccccc1)c1nccn1C. The van der Waals surface area contributed by atoms with E-state index in [-0.39, 0.29) is 12.6 Å². The van der Waals surface area contributed by atoms with Crippen molar-refractivity contribution in [2.24, 2.45) is 7.05 Å². The molecule has 0 unspecified atom stereocenters. The van der Waals surface area contributed by atoms with Crippen LogP contribution in [-0.4, -0.2) is 31.0 Å². The van der Waals surface area contributed by atoms with E-state index in [1.807, 2.05) is 60.7 Å². The Balaban J connectivity index is 1.86. The van der Waals surface area contributed by atoms with E-state index in [0.29, 0.717) is 13.1 Å². The minimum Gasteiger partial charge on any atom is -0.394 e. The van der Waals surface area contributed by atoms with Crippen LogP contribution in [-0.2, 0) is 20.1 Å². The summed E-state index contributed by atoms with van der Waals surface area (Å²) < 4.78 is 3.91. The van der Waals surface area contributed by atoms with Gasteiger partial charge in [0.2, 0.25) is 0 Å². The Hall–Kier alpha value is -2.44. The van der Waals surface area contributed by atoms with Crippen LogP contribution < -0.4 is 5.32 Å². The summed E-state index contributed by atoms with van der Waals surface area (Å²) in [5.74, 6) is 0.976. The number of nitrogens with one attached hydrogen (secondary N) is 1. The van der Waals surface area contributed by atoms with Crippen molar-refractivity contribution >= 4 is 0 Å². The van der Waals surface area contributed by atoms with Crippen LogP contribution >= 0.6 is 0 Å². The molecule has 0 amide bonds. The lowest BCUT2D eigenvalue weighted by Crippen LogP contribution is -2.25. The molecule has 1 aromatic carbocycles. The van der Waals surface area contributed by atoms with Gasteiger partial charge in [0, 0.05) is 37.2 Å². The molecular weight excluding hydrogens is 314 g/mol. The number of benzene rings is 1. The van der Waals surface area contributed by atoms with E-state index in [1.165, 1.54) is 11.1 Å². The molecule has 6 heteroatoms. The number of aliphatic hydroxyl groups is 1. The van der Waals surface area contributed by atoms with Gasteiger partial charge in [0.05, 0.1) is 24.9 Å². The molecule has 0 saturated heterocycles. The number of aryl methyl sites for hydroxylation is 2. The Bertz CT molecular complexity index is 822. The highest BCUT2D eigenvalue weighted by Gasteiger charge is 2.19. The normalized spacial score (nSPS) is 12.5. The van der Waals surface area contributed by atoms with Gasteiger partial charge in [0.15, 0.2) is 0 Å². The Morgan fingerprint density at radius 1 is 1.20 bits per heavy atom. The van der Waals surface area contributed by atoms with Crippen molar-refractivity contribution in [3.8, 4) is 0 Å². The monoisotopic (exact) mass is 339 g/mol. The molecule has 2 aromatic heterocycles. The van der Waals surface area contributed by atoms with Crippen LogP contribution in [0.5, 0.6) is 0 Å². The van der Waals surface area contributed by atoms with E-state index in [1.54, 1.807) is 0 Å². The van der Waals surface area contributed by atoms with E-state index in [0.717, 1.165) is 17.2 Å². The van der Waals surface area contributed by atoms with Gasteiger partial charge in [0.1, 0.15) is 5.82 Å². The molecule has 0 spiro atoms. The van der Waals surface area contributed by atoms with E-state index < -0.39 is 0 Å². The molecule has 0 saturated carbocycles. The minimum atomic E-state index is 0.00110. The maximum Gasteiger partial charge on any atom is 0.130 e. The van der Waals surface area contributed by atoms with Gasteiger partial charge in [-0.15, -0.1) is 0 Å². The van der Waals surface area contributed by atoms with Gasteiger partial charge in [0.25, 0.3) is 0 Å². The van der Waals surface area contributed by atoms with Crippen LogP contribution in [0.4, 0.5) is 0 Å². The molecule has 1 atom stereocenters. The molecule has 3 aromatic rings. The molecule has 2 N–H and O–H groups in total. The number of rotatable bonds is 7. The average molecular weight is 339 g/mol. The van der Waals surface area contributed by atoms with Gasteiger partial charge >= 0.3 is 0 Å². The van der Waals surface area contributed by atoms with Crippen molar-refractivity contribution in [1.29, 1.82) is 0 Å². The third kappa shape index (κ3) is 3.65. The molecule has 25 heavy (non-hydrogen) atoms.